The second-order valence-electron chi connectivity index (χ2n) is 5.43. The van der Waals surface area contributed by atoms with Gasteiger partial charge < -0.3 is 16.8 Å². The van der Waals surface area contributed by atoms with E-state index in [4.69, 9.17) is 11.5 Å². The number of amides is 1. The van der Waals surface area contributed by atoms with Gasteiger partial charge in [-0.2, -0.15) is 0 Å². The van der Waals surface area contributed by atoms with E-state index in [2.05, 4.69) is 5.32 Å². The van der Waals surface area contributed by atoms with Gasteiger partial charge in [-0.15, -0.1) is 0 Å². The Morgan fingerprint density at radius 3 is 2.39 bits per heavy atom. The molecule has 18 heavy (non-hydrogen) atoms. The van der Waals surface area contributed by atoms with Gasteiger partial charge in [0, 0.05) is 18.1 Å². The fourth-order valence-corrected chi connectivity index (χ4v) is 1.60. The van der Waals surface area contributed by atoms with E-state index < -0.39 is 5.54 Å². The second-order valence-corrected chi connectivity index (χ2v) is 5.43. The summed E-state index contributed by atoms with van der Waals surface area (Å²) in [5, 5.41) is 2.83. The minimum Gasteiger partial charge on any atom is -0.354 e. The Morgan fingerprint density at radius 2 is 1.89 bits per heavy atom. The average molecular weight is 249 g/mol. The Morgan fingerprint density at radius 1 is 1.33 bits per heavy atom. The molecule has 4 heteroatoms. The smallest absolute Gasteiger partial charge is 0.224 e. The van der Waals surface area contributed by atoms with Gasteiger partial charge in [0.05, 0.1) is 5.92 Å². The average Bonchev–Trinajstić information content (AvgIpc) is 2.34. The lowest BCUT2D eigenvalue weighted by Crippen LogP contribution is -2.47. The number of hydrogen-bond donors (Lipinski definition) is 3. The molecule has 0 bridgehead atoms. The number of benzene rings is 1. The molecule has 100 valence electrons. The van der Waals surface area contributed by atoms with Crippen LogP contribution >= 0.6 is 0 Å². The fourth-order valence-electron chi connectivity index (χ4n) is 1.60. The predicted octanol–water partition coefficient (Wildman–Crippen LogP) is 1.18. The van der Waals surface area contributed by atoms with Crippen LogP contribution in [0.25, 0.3) is 0 Å². The zero-order valence-corrected chi connectivity index (χ0v) is 11.3. The number of rotatable bonds is 5. The van der Waals surface area contributed by atoms with Crippen molar-refractivity contribution in [1.29, 1.82) is 0 Å². The highest BCUT2D eigenvalue weighted by Crippen LogP contribution is 2.19. The summed E-state index contributed by atoms with van der Waals surface area (Å²) >= 11 is 0. The first kappa shape index (κ1) is 14.7. The molecule has 1 aromatic rings. The van der Waals surface area contributed by atoms with Crippen molar-refractivity contribution in [3.8, 4) is 0 Å². The lowest BCUT2D eigenvalue weighted by Gasteiger charge is -2.23. The molecule has 0 aliphatic carbocycles. The summed E-state index contributed by atoms with van der Waals surface area (Å²) in [5.74, 6) is -0.348. The van der Waals surface area contributed by atoms with Gasteiger partial charge in [-0.25, -0.2) is 0 Å². The maximum atomic E-state index is 12.0. The third kappa shape index (κ3) is 4.47. The molecule has 5 N–H and O–H groups in total. The molecule has 0 fully saturated rings. The molecule has 0 saturated heterocycles. The van der Waals surface area contributed by atoms with Crippen LogP contribution in [0.2, 0.25) is 0 Å². The van der Waals surface area contributed by atoms with E-state index in [9.17, 15) is 4.79 Å². The van der Waals surface area contributed by atoms with Crippen molar-refractivity contribution >= 4 is 5.91 Å². The van der Waals surface area contributed by atoms with E-state index >= 15 is 0 Å². The van der Waals surface area contributed by atoms with E-state index in [1.165, 1.54) is 0 Å². The molecule has 4 nitrogen and oxygen atoms in total. The molecule has 0 radical (unpaired) electrons. The van der Waals surface area contributed by atoms with Gasteiger partial charge in [0.1, 0.15) is 0 Å². The van der Waals surface area contributed by atoms with Crippen LogP contribution in [0.1, 0.15) is 32.4 Å². The van der Waals surface area contributed by atoms with Crippen LogP contribution in [-0.4, -0.2) is 18.0 Å². The highest BCUT2D eigenvalue weighted by molar-refractivity contribution is 5.79. The molecule has 1 aromatic carbocycles. The Kier molecular flexibility index (Phi) is 4.87. The highest BCUT2D eigenvalue weighted by atomic mass is 16.1. The van der Waals surface area contributed by atoms with Gasteiger partial charge >= 0.3 is 0 Å². The van der Waals surface area contributed by atoms with E-state index in [1.807, 2.05) is 51.1 Å². The van der Waals surface area contributed by atoms with Crippen LogP contribution in [0.4, 0.5) is 0 Å². The molecular weight excluding hydrogens is 226 g/mol. The molecule has 0 spiro atoms. The Hall–Kier alpha value is -1.39. The number of carbonyl (C=O) groups is 1. The molecular formula is C14H23N3O. The number of nitrogens with two attached hydrogens (primary N) is 2. The summed E-state index contributed by atoms with van der Waals surface area (Å²) in [6.45, 7) is 6.01. The van der Waals surface area contributed by atoms with E-state index in [-0.39, 0.29) is 17.9 Å². The Labute approximate surface area is 109 Å². The maximum Gasteiger partial charge on any atom is 0.224 e. The van der Waals surface area contributed by atoms with Gasteiger partial charge in [0.25, 0.3) is 0 Å². The van der Waals surface area contributed by atoms with Crippen LogP contribution in [0.5, 0.6) is 0 Å². The normalized spacial score (nSPS) is 14.9. The van der Waals surface area contributed by atoms with E-state index in [0.29, 0.717) is 6.54 Å². The predicted molar refractivity (Wildman–Crippen MR) is 73.8 cm³/mol. The van der Waals surface area contributed by atoms with Gasteiger partial charge in [0.15, 0.2) is 0 Å². The van der Waals surface area contributed by atoms with Crippen LogP contribution in [0, 0.1) is 5.92 Å². The molecule has 0 heterocycles. The molecule has 1 amide bonds. The van der Waals surface area contributed by atoms with Crippen molar-refractivity contribution in [3.63, 3.8) is 0 Å². The quantitative estimate of drug-likeness (QED) is 0.733. The molecule has 2 unspecified atom stereocenters. The number of carbonyl (C=O) groups excluding carboxylic acids is 1. The standard InChI is InChI=1S/C14H23N3O/c1-10(13(18)17-9-14(2,3)16)12(15)11-7-5-4-6-8-11/h4-8,10,12H,9,15-16H2,1-3H3,(H,17,18). The van der Waals surface area contributed by atoms with Crippen LogP contribution in [-0.2, 0) is 4.79 Å². The molecule has 1 rings (SSSR count). The second kappa shape index (κ2) is 5.98. The minimum atomic E-state index is -0.410. The molecule has 2 atom stereocenters. The monoisotopic (exact) mass is 249 g/mol. The summed E-state index contributed by atoms with van der Waals surface area (Å²) in [7, 11) is 0. The van der Waals surface area contributed by atoms with Crippen molar-refractivity contribution in [3.05, 3.63) is 35.9 Å². The summed E-state index contributed by atoms with van der Waals surface area (Å²) in [6.07, 6.45) is 0. The topological polar surface area (TPSA) is 81.1 Å². The SMILES string of the molecule is CC(C(=O)NCC(C)(C)N)C(N)c1ccccc1. The molecule has 0 saturated carbocycles. The maximum absolute atomic E-state index is 12.0. The van der Waals surface area contributed by atoms with E-state index in [1.54, 1.807) is 0 Å². The lowest BCUT2D eigenvalue weighted by molar-refractivity contribution is -0.125. The fraction of sp³-hybridized carbons (Fsp3) is 0.500. The minimum absolute atomic E-state index is 0.0649. The molecule has 0 aliphatic rings. The van der Waals surface area contributed by atoms with Crippen molar-refractivity contribution in [2.24, 2.45) is 17.4 Å². The van der Waals surface area contributed by atoms with Crippen LogP contribution in [0.3, 0.4) is 0 Å². The molecule has 0 aromatic heterocycles. The number of hydrogen-bond acceptors (Lipinski definition) is 3. The first-order chi connectivity index (χ1) is 8.31. The van der Waals surface area contributed by atoms with Crippen molar-refractivity contribution in [2.45, 2.75) is 32.4 Å². The Balaban J connectivity index is 2.59. The van der Waals surface area contributed by atoms with Gasteiger partial charge in [0.2, 0.25) is 5.91 Å². The van der Waals surface area contributed by atoms with Gasteiger partial charge in [-0.05, 0) is 19.4 Å². The van der Waals surface area contributed by atoms with Crippen molar-refractivity contribution in [1.82, 2.24) is 5.32 Å². The first-order valence-corrected chi connectivity index (χ1v) is 6.18. The summed E-state index contributed by atoms with van der Waals surface area (Å²) in [6, 6.07) is 9.33. The van der Waals surface area contributed by atoms with Crippen molar-refractivity contribution < 1.29 is 4.79 Å². The molecule has 0 aliphatic heterocycles. The summed E-state index contributed by atoms with van der Waals surface area (Å²) < 4.78 is 0. The van der Waals surface area contributed by atoms with E-state index in [0.717, 1.165) is 5.56 Å². The third-order valence-electron chi connectivity index (χ3n) is 2.85. The van der Waals surface area contributed by atoms with Gasteiger partial charge in [-0.1, -0.05) is 37.3 Å². The zero-order valence-electron chi connectivity index (χ0n) is 11.3. The number of nitrogens with one attached hydrogen (secondary N) is 1. The largest absolute Gasteiger partial charge is 0.354 e. The lowest BCUT2D eigenvalue weighted by atomic mass is 9.94. The first-order valence-electron chi connectivity index (χ1n) is 6.18. The zero-order chi connectivity index (χ0) is 13.8. The van der Waals surface area contributed by atoms with Gasteiger partial charge in [-0.3, -0.25) is 4.79 Å². The summed E-state index contributed by atoms with van der Waals surface area (Å²) in [5.41, 5.74) is 12.5. The highest BCUT2D eigenvalue weighted by Gasteiger charge is 2.23. The summed E-state index contributed by atoms with van der Waals surface area (Å²) in [4.78, 5) is 12.0. The van der Waals surface area contributed by atoms with Crippen LogP contribution < -0.4 is 16.8 Å². The third-order valence-corrected chi connectivity index (χ3v) is 2.85. The Bertz CT molecular complexity index is 384. The van der Waals surface area contributed by atoms with Crippen LogP contribution in [0.15, 0.2) is 30.3 Å². The van der Waals surface area contributed by atoms with Crippen molar-refractivity contribution in [2.75, 3.05) is 6.54 Å².